The fraction of sp³-hybridized carbons (Fsp3) is 0.800. The molecule has 0 spiro atoms. The highest BCUT2D eigenvalue weighted by Crippen LogP contribution is 2.02. The highest BCUT2D eigenvalue weighted by atomic mass is 35.5. The molecular formula is C5H9ClO5. The summed E-state index contributed by atoms with van der Waals surface area (Å²) in [6, 6.07) is 0. The summed E-state index contributed by atoms with van der Waals surface area (Å²) in [4.78, 5) is 10.2. The zero-order chi connectivity index (χ0) is 9.02. The van der Waals surface area contributed by atoms with Crippen molar-refractivity contribution in [3.8, 4) is 0 Å². The van der Waals surface area contributed by atoms with E-state index in [-0.39, 0.29) is 0 Å². The van der Waals surface area contributed by atoms with Gasteiger partial charge in [0.1, 0.15) is 12.2 Å². The molecule has 0 heterocycles. The average Bonchev–Trinajstić information content (AvgIpc) is 2.00. The third kappa shape index (κ3) is 3.13. The minimum absolute atomic E-state index is 0.748. The number of rotatable bonds is 4. The molecule has 11 heavy (non-hydrogen) atoms. The van der Waals surface area contributed by atoms with Gasteiger partial charge in [-0.25, -0.2) is 0 Å². The van der Waals surface area contributed by atoms with Gasteiger partial charge in [-0.15, -0.1) is 0 Å². The van der Waals surface area contributed by atoms with Gasteiger partial charge >= 0.3 is 0 Å². The lowest BCUT2D eigenvalue weighted by molar-refractivity contribution is -0.132. The predicted octanol–water partition coefficient (Wildman–Crippen LogP) is -2.17. The average molecular weight is 185 g/mol. The van der Waals surface area contributed by atoms with Crippen LogP contribution in [0.2, 0.25) is 0 Å². The van der Waals surface area contributed by atoms with Crippen LogP contribution in [0.25, 0.3) is 0 Å². The summed E-state index contributed by atoms with van der Waals surface area (Å²) in [5.41, 5.74) is 0. The number of aliphatic hydroxyl groups excluding tert-OH is 4. The zero-order valence-electron chi connectivity index (χ0n) is 5.51. The van der Waals surface area contributed by atoms with E-state index in [1.165, 1.54) is 0 Å². The Balaban J connectivity index is 4.00. The molecule has 0 unspecified atom stereocenters. The molecule has 0 saturated carbocycles. The topological polar surface area (TPSA) is 98.0 Å². The van der Waals surface area contributed by atoms with Crippen molar-refractivity contribution in [3.63, 3.8) is 0 Å². The van der Waals surface area contributed by atoms with E-state index < -0.39 is 30.2 Å². The van der Waals surface area contributed by atoms with E-state index in [4.69, 9.17) is 32.0 Å². The van der Waals surface area contributed by atoms with E-state index in [9.17, 15) is 4.79 Å². The van der Waals surface area contributed by atoms with Gasteiger partial charge in [0.2, 0.25) is 0 Å². The van der Waals surface area contributed by atoms with E-state index in [0.29, 0.717) is 0 Å². The standard InChI is InChI=1S/C5H9ClO5/c6-5(11)4(10)3(9)2(8)1-7/h2-4,7-10H,1H2/t2-,3-,4-/m1/s1. The minimum atomic E-state index is -1.86. The highest BCUT2D eigenvalue weighted by Gasteiger charge is 2.28. The van der Waals surface area contributed by atoms with Gasteiger partial charge in [-0.1, -0.05) is 0 Å². The van der Waals surface area contributed by atoms with Gasteiger partial charge in [0.25, 0.3) is 5.24 Å². The fourth-order valence-corrected chi connectivity index (χ4v) is 0.582. The molecule has 66 valence electrons. The van der Waals surface area contributed by atoms with E-state index in [2.05, 4.69) is 0 Å². The van der Waals surface area contributed by atoms with Gasteiger partial charge in [0.05, 0.1) is 6.61 Å². The molecule has 6 heteroatoms. The van der Waals surface area contributed by atoms with Crippen molar-refractivity contribution >= 4 is 16.8 Å². The summed E-state index contributed by atoms with van der Waals surface area (Å²) < 4.78 is 0. The molecule has 5 nitrogen and oxygen atoms in total. The molecule has 0 aromatic heterocycles. The lowest BCUT2D eigenvalue weighted by Crippen LogP contribution is -2.42. The Morgan fingerprint density at radius 1 is 1.36 bits per heavy atom. The fourth-order valence-electron chi connectivity index (χ4n) is 0.453. The van der Waals surface area contributed by atoms with Gasteiger partial charge in [0.15, 0.2) is 6.10 Å². The molecule has 0 aliphatic rings. The van der Waals surface area contributed by atoms with Gasteiger partial charge in [-0.05, 0) is 11.6 Å². The van der Waals surface area contributed by atoms with Gasteiger partial charge in [-0.2, -0.15) is 0 Å². The summed E-state index contributed by atoms with van der Waals surface area (Å²) in [5, 5.41) is 33.2. The normalized spacial score (nSPS) is 19.0. The SMILES string of the molecule is O=C(Cl)[C@H](O)[C@H](O)[C@H](O)CO. The van der Waals surface area contributed by atoms with Crippen molar-refractivity contribution < 1.29 is 25.2 Å². The molecule has 0 amide bonds. The molecule has 0 bridgehead atoms. The summed E-state index contributed by atoms with van der Waals surface area (Å²) in [5.74, 6) is 0. The van der Waals surface area contributed by atoms with Crippen LogP contribution in [0.5, 0.6) is 0 Å². The Morgan fingerprint density at radius 2 is 1.82 bits per heavy atom. The maximum absolute atomic E-state index is 10.2. The van der Waals surface area contributed by atoms with Crippen molar-refractivity contribution in [1.82, 2.24) is 0 Å². The lowest BCUT2D eigenvalue weighted by atomic mass is 10.1. The molecule has 4 N–H and O–H groups in total. The van der Waals surface area contributed by atoms with Crippen molar-refractivity contribution in [2.24, 2.45) is 0 Å². The molecule has 0 fully saturated rings. The second-order valence-electron chi connectivity index (χ2n) is 1.99. The first-order chi connectivity index (χ1) is 5.00. The van der Waals surface area contributed by atoms with Crippen molar-refractivity contribution in [1.29, 1.82) is 0 Å². The Labute approximate surface area is 67.8 Å². The number of carbonyl (C=O) groups excluding carboxylic acids is 1. The summed E-state index contributed by atoms with van der Waals surface area (Å²) in [6.07, 6.45) is -5.17. The second-order valence-corrected chi connectivity index (χ2v) is 2.36. The predicted molar refractivity (Wildman–Crippen MR) is 36.0 cm³/mol. The molecule has 0 aliphatic carbocycles. The molecule has 0 aromatic carbocycles. The first kappa shape index (κ1) is 10.8. The highest BCUT2D eigenvalue weighted by molar-refractivity contribution is 6.64. The summed E-state index contributed by atoms with van der Waals surface area (Å²) in [7, 11) is 0. The Bertz CT molecular complexity index is 139. The van der Waals surface area contributed by atoms with Crippen LogP contribution in [0, 0.1) is 0 Å². The molecule has 0 rings (SSSR count). The largest absolute Gasteiger partial charge is 0.394 e. The van der Waals surface area contributed by atoms with E-state index in [0.717, 1.165) is 0 Å². The quantitative estimate of drug-likeness (QED) is 0.373. The van der Waals surface area contributed by atoms with Crippen LogP contribution in [0.15, 0.2) is 0 Å². The van der Waals surface area contributed by atoms with Crippen LogP contribution in [0.3, 0.4) is 0 Å². The zero-order valence-corrected chi connectivity index (χ0v) is 6.27. The number of halogens is 1. The molecule has 0 aromatic rings. The first-order valence-corrected chi connectivity index (χ1v) is 3.23. The Hall–Kier alpha value is -0.200. The number of aliphatic hydroxyl groups is 4. The van der Waals surface area contributed by atoms with Gasteiger partial charge in [0, 0.05) is 0 Å². The van der Waals surface area contributed by atoms with Crippen LogP contribution in [0.4, 0.5) is 0 Å². The van der Waals surface area contributed by atoms with Crippen molar-refractivity contribution in [2.75, 3.05) is 6.61 Å². The number of hydrogen-bond donors (Lipinski definition) is 4. The molecular weight excluding hydrogens is 176 g/mol. The third-order valence-corrected chi connectivity index (χ3v) is 1.36. The van der Waals surface area contributed by atoms with Crippen LogP contribution in [0.1, 0.15) is 0 Å². The third-order valence-electron chi connectivity index (χ3n) is 1.14. The van der Waals surface area contributed by atoms with Gasteiger partial charge < -0.3 is 20.4 Å². The number of hydrogen-bond acceptors (Lipinski definition) is 5. The maximum Gasteiger partial charge on any atom is 0.253 e. The van der Waals surface area contributed by atoms with Crippen LogP contribution >= 0.6 is 11.6 Å². The number of carbonyl (C=O) groups is 1. The van der Waals surface area contributed by atoms with Gasteiger partial charge in [-0.3, -0.25) is 4.79 Å². The summed E-state index contributed by atoms with van der Waals surface area (Å²) >= 11 is 4.78. The van der Waals surface area contributed by atoms with Crippen molar-refractivity contribution in [3.05, 3.63) is 0 Å². The smallest absolute Gasteiger partial charge is 0.253 e. The van der Waals surface area contributed by atoms with Crippen molar-refractivity contribution in [2.45, 2.75) is 18.3 Å². The Morgan fingerprint density at radius 3 is 2.09 bits per heavy atom. The second kappa shape index (κ2) is 4.63. The van der Waals surface area contributed by atoms with E-state index in [1.54, 1.807) is 0 Å². The van der Waals surface area contributed by atoms with E-state index in [1.807, 2.05) is 0 Å². The van der Waals surface area contributed by atoms with E-state index >= 15 is 0 Å². The Kier molecular flexibility index (Phi) is 4.55. The van der Waals surface area contributed by atoms with Crippen LogP contribution in [-0.4, -0.2) is 50.6 Å². The van der Waals surface area contributed by atoms with Crippen LogP contribution < -0.4 is 0 Å². The molecule has 3 atom stereocenters. The minimum Gasteiger partial charge on any atom is -0.394 e. The maximum atomic E-state index is 10.2. The first-order valence-electron chi connectivity index (χ1n) is 2.85. The molecule has 0 radical (unpaired) electrons. The van der Waals surface area contributed by atoms with Crippen LogP contribution in [-0.2, 0) is 4.79 Å². The molecule has 0 aliphatic heterocycles. The molecule has 0 saturated heterocycles. The monoisotopic (exact) mass is 184 g/mol. The summed E-state index contributed by atoms with van der Waals surface area (Å²) in [6.45, 7) is -0.748. The lowest BCUT2D eigenvalue weighted by Gasteiger charge is -2.17.